The smallest absolute Gasteiger partial charge is 0.330 e. The van der Waals surface area contributed by atoms with Crippen LogP contribution in [0, 0.1) is 5.41 Å². The summed E-state index contributed by atoms with van der Waals surface area (Å²) in [6.45, 7) is 0. The first-order valence-corrected chi connectivity index (χ1v) is 2.20. The summed E-state index contributed by atoms with van der Waals surface area (Å²) in [6, 6.07) is -2.33. The van der Waals surface area contributed by atoms with Gasteiger partial charge in [0.25, 0.3) is 0 Å². The van der Waals surface area contributed by atoms with Gasteiger partial charge >= 0.3 is 12.1 Å². The van der Waals surface area contributed by atoms with Gasteiger partial charge in [0.2, 0.25) is 5.96 Å². The molecule has 0 heterocycles. The first-order valence-electron chi connectivity index (χ1n) is 2.20. The molecule has 7 heteroatoms. The van der Waals surface area contributed by atoms with Crippen molar-refractivity contribution < 1.29 is 9.59 Å². The molecule has 7 N–H and O–H groups in total. The average molecular weight is 145 g/mol. The molecule has 0 saturated heterocycles. The van der Waals surface area contributed by atoms with Gasteiger partial charge in [-0.05, 0) is 0 Å². The minimum atomic E-state index is -1.17. The summed E-state index contributed by atoms with van der Waals surface area (Å²) in [5, 5.41) is 6.61. The van der Waals surface area contributed by atoms with Crippen molar-refractivity contribution in [3.05, 3.63) is 0 Å². The Hall–Kier alpha value is -1.79. The summed E-state index contributed by atoms with van der Waals surface area (Å²) < 4.78 is 0. The number of imide groups is 1. The second-order valence-corrected chi connectivity index (χ2v) is 1.40. The van der Waals surface area contributed by atoms with E-state index in [4.69, 9.17) is 11.1 Å². The molecule has 0 aromatic carbocycles. The fourth-order valence-corrected chi connectivity index (χ4v) is 0.346. The van der Waals surface area contributed by atoms with Gasteiger partial charge in [-0.2, -0.15) is 4.90 Å². The third kappa shape index (κ3) is 1.62. The van der Waals surface area contributed by atoms with Gasteiger partial charge in [0.15, 0.2) is 0 Å². The van der Waals surface area contributed by atoms with Crippen LogP contribution < -0.4 is 17.2 Å². The predicted octanol–water partition coefficient (Wildman–Crippen LogP) is -1.66. The topological polar surface area (TPSA) is 139 Å². The monoisotopic (exact) mass is 145 g/mol. The summed E-state index contributed by atoms with van der Waals surface area (Å²) in [6.07, 6.45) is 0. The molecule has 0 aromatic heterocycles. The van der Waals surface area contributed by atoms with E-state index >= 15 is 0 Å². The molecule has 0 radical (unpaired) electrons. The second kappa shape index (κ2) is 2.67. The number of amides is 4. The minimum absolute atomic E-state index is 0.139. The molecule has 0 unspecified atom stereocenters. The Balaban J connectivity index is 4.43. The van der Waals surface area contributed by atoms with E-state index in [-0.39, 0.29) is 4.90 Å². The lowest BCUT2D eigenvalue weighted by molar-refractivity contribution is 0.215. The third-order valence-corrected chi connectivity index (χ3v) is 0.682. The molecule has 0 aliphatic heterocycles. The van der Waals surface area contributed by atoms with Gasteiger partial charge in [0.05, 0.1) is 0 Å². The van der Waals surface area contributed by atoms with Crippen LogP contribution in [0.5, 0.6) is 0 Å². The van der Waals surface area contributed by atoms with Crippen molar-refractivity contribution in [2.24, 2.45) is 17.2 Å². The molecule has 0 saturated carbocycles. The van der Waals surface area contributed by atoms with E-state index in [1.165, 1.54) is 0 Å². The molecule has 7 nitrogen and oxygen atoms in total. The molecule has 0 spiro atoms. The Labute approximate surface area is 56.3 Å². The van der Waals surface area contributed by atoms with Gasteiger partial charge in [0.1, 0.15) is 0 Å². The van der Waals surface area contributed by atoms with Crippen molar-refractivity contribution >= 4 is 18.0 Å². The number of nitrogens with two attached hydrogens (primary N) is 3. The largest absolute Gasteiger partial charge is 0.369 e. The molecule has 0 atom stereocenters. The highest BCUT2D eigenvalue weighted by Crippen LogP contribution is 1.83. The molecule has 0 aliphatic carbocycles. The van der Waals surface area contributed by atoms with Crippen LogP contribution in [0.4, 0.5) is 9.59 Å². The molecule has 0 aliphatic rings. The summed E-state index contributed by atoms with van der Waals surface area (Å²) in [5.74, 6) is -0.792. The zero-order chi connectivity index (χ0) is 8.31. The van der Waals surface area contributed by atoms with Crippen LogP contribution in [0.15, 0.2) is 0 Å². The molecule has 0 aromatic rings. The average Bonchev–Trinajstić information content (AvgIpc) is 1.59. The first-order chi connectivity index (χ1) is 4.46. The number of hydrogen-bond acceptors (Lipinski definition) is 3. The SMILES string of the molecule is N=C(N)N(C(N)=O)C(N)=O. The summed E-state index contributed by atoms with van der Waals surface area (Å²) in [5.41, 5.74) is 14.0. The van der Waals surface area contributed by atoms with Crippen molar-refractivity contribution in [2.45, 2.75) is 0 Å². The maximum atomic E-state index is 10.2. The van der Waals surface area contributed by atoms with Crippen LogP contribution in [-0.2, 0) is 0 Å². The van der Waals surface area contributed by atoms with Crippen LogP contribution in [0.1, 0.15) is 0 Å². The number of nitrogens with one attached hydrogen (secondary N) is 1. The van der Waals surface area contributed by atoms with Gasteiger partial charge in [-0.1, -0.05) is 0 Å². The van der Waals surface area contributed by atoms with Crippen molar-refractivity contribution in [2.75, 3.05) is 0 Å². The fraction of sp³-hybridized carbons (Fsp3) is 0. The number of urea groups is 2. The van der Waals surface area contributed by atoms with Crippen LogP contribution >= 0.6 is 0 Å². The zero-order valence-electron chi connectivity index (χ0n) is 5.00. The molecule has 10 heavy (non-hydrogen) atoms. The normalized spacial score (nSPS) is 8.40. The van der Waals surface area contributed by atoms with Crippen LogP contribution in [-0.4, -0.2) is 22.9 Å². The number of nitrogens with zero attached hydrogens (tertiary/aromatic N) is 1. The summed E-state index contributed by atoms with van der Waals surface area (Å²) in [7, 11) is 0. The van der Waals surface area contributed by atoms with Crippen molar-refractivity contribution in [1.82, 2.24) is 4.90 Å². The molecule has 0 fully saturated rings. The first kappa shape index (κ1) is 8.21. The lowest BCUT2D eigenvalue weighted by Crippen LogP contribution is -2.50. The third-order valence-electron chi connectivity index (χ3n) is 0.682. The molecule has 4 amide bonds. The van der Waals surface area contributed by atoms with Gasteiger partial charge in [-0.3, -0.25) is 5.41 Å². The van der Waals surface area contributed by atoms with E-state index in [1.807, 2.05) is 0 Å². The molecule has 0 bridgehead atoms. The highest BCUT2D eigenvalue weighted by molar-refractivity contribution is 6.08. The number of carbonyl (C=O) groups excluding carboxylic acids is 2. The number of hydrogen-bond donors (Lipinski definition) is 4. The van der Waals surface area contributed by atoms with Gasteiger partial charge < -0.3 is 17.2 Å². The Morgan fingerprint density at radius 1 is 1.10 bits per heavy atom. The van der Waals surface area contributed by atoms with E-state index < -0.39 is 18.0 Å². The Morgan fingerprint density at radius 3 is 1.40 bits per heavy atom. The molecule has 56 valence electrons. The van der Waals surface area contributed by atoms with E-state index in [2.05, 4.69) is 11.5 Å². The standard InChI is InChI=1S/C3H7N5O2/c4-1(5)8(2(6)9)3(7)10/h(H3,4,5)(H2,6,9)(H2,7,10). The summed E-state index contributed by atoms with van der Waals surface area (Å²) in [4.78, 5) is 20.6. The highest BCUT2D eigenvalue weighted by atomic mass is 16.2. The number of rotatable bonds is 0. The zero-order valence-corrected chi connectivity index (χ0v) is 5.00. The lowest BCUT2D eigenvalue weighted by Gasteiger charge is -2.11. The molecular formula is C3H7N5O2. The van der Waals surface area contributed by atoms with E-state index in [0.717, 1.165) is 0 Å². The van der Waals surface area contributed by atoms with Crippen molar-refractivity contribution in [3.8, 4) is 0 Å². The maximum Gasteiger partial charge on any atom is 0.330 e. The van der Waals surface area contributed by atoms with Crippen molar-refractivity contribution in [1.29, 1.82) is 5.41 Å². The van der Waals surface area contributed by atoms with Crippen LogP contribution in [0.2, 0.25) is 0 Å². The minimum Gasteiger partial charge on any atom is -0.369 e. The van der Waals surface area contributed by atoms with E-state index in [0.29, 0.717) is 0 Å². The van der Waals surface area contributed by atoms with Crippen LogP contribution in [0.3, 0.4) is 0 Å². The molecule has 0 rings (SSSR count). The van der Waals surface area contributed by atoms with Gasteiger partial charge in [0, 0.05) is 0 Å². The van der Waals surface area contributed by atoms with Gasteiger partial charge in [-0.15, -0.1) is 0 Å². The Morgan fingerprint density at radius 2 is 1.40 bits per heavy atom. The maximum absolute atomic E-state index is 10.2. The second-order valence-electron chi connectivity index (χ2n) is 1.40. The van der Waals surface area contributed by atoms with Gasteiger partial charge in [-0.25, -0.2) is 9.59 Å². The highest BCUT2D eigenvalue weighted by Gasteiger charge is 2.17. The van der Waals surface area contributed by atoms with E-state index in [1.54, 1.807) is 0 Å². The Bertz CT molecular complexity index is 154. The lowest BCUT2D eigenvalue weighted by atomic mass is 10.7. The van der Waals surface area contributed by atoms with Crippen molar-refractivity contribution in [3.63, 3.8) is 0 Å². The fourth-order valence-electron chi connectivity index (χ4n) is 0.346. The number of primary amides is 2. The predicted molar refractivity (Wildman–Crippen MR) is 32.9 cm³/mol. The number of guanidine groups is 1. The van der Waals surface area contributed by atoms with Crippen LogP contribution in [0.25, 0.3) is 0 Å². The Kier molecular flexibility index (Phi) is 2.19. The molecular weight excluding hydrogens is 138 g/mol. The quantitative estimate of drug-likeness (QED) is 0.239. The summed E-state index contributed by atoms with van der Waals surface area (Å²) >= 11 is 0. The van der Waals surface area contributed by atoms with E-state index in [9.17, 15) is 9.59 Å². The number of carbonyl (C=O) groups is 2.